The van der Waals surface area contributed by atoms with E-state index in [0.717, 1.165) is 0 Å². The average Bonchev–Trinajstić information content (AvgIpc) is 2.18. The minimum absolute atomic E-state index is 0.0361. The molecule has 0 saturated carbocycles. The van der Waals surface area contributed by atoms with Crippen molar-refractivity contribution >= 4 is 33.3 Å². The van der Waals surface area contributed by atoms with Crippen molar-refractivity contribution in [3.63, 3.8) is 0 Å². The number of carboxylic acid groups (broad SMARTS) is 1. The molecule has 0 spiro atoms. The molecule has 0 heterocycles. The number of aromatic carboxylic acids is 1. The van der Waals surface area contributed by atoms with Crippen LogP contribution < -0.4 is 4.72 Å². The van der Waals surface area contributed by atoms with E-state index in [4.69, 9.17) is 16.7 Å². The molecule has 1 rings (SSSR count). The van der Waals surface area contributed by atoms with Gasteiger partial charge < -0.3 is 5.11 Å². The van der Waals surface area contributed by atoms with E-state index >= 15 is 0 Å². The molecular formula is C11H14ClNO4S. The molecule has 0 aromatic heterocycles. The Kier molecular flexibility index (Phi) is 3.92. The van der Waals surface area contributed by atoms with Crippen LogP contribution in [0.15, 0.2) is 18.2 Å². The highest BCUT2D eigenvalue weighted by atomic mass is 35.5. The van der Waals surface area contributed by atoms with Crippen LogP contribution in [0.25, 0.3) is 0 Å². The first-order valence-electron chi connectivity index (χ1n) is 5.10. The van der Waals surface area contributed by atoms with Gasteiger partial charge in [0.15, 0.2) is 0 Å². The predicted octanol–water partition coefficient (Wildman–Crippen LogP) is 2.58. The number of sulfonamides is 1. The quantitative estimate of drug-likeness (QED) is 0.896. The largest absolute Gasteiger partial charge is 0.478 e. The Morgan fingerprint density at radius 2 is 1.89 bits per heavy atom. The molecule has 0 amide bonds. The number of hydrogen-bond acceptors (Lipinski definition) is 3. The topological polar surface area (TPSA) is 83.5 Å². The van der Waals surface area contributed by atoms with E-state index < -0.39 is 20.7 Å². The Hall–Kier alpha value is -1.27. The van der Waals surface area contributed by atoms with Crippen LogP contribution in [0, 0.1) is 0 Å². The third-order valence-corrected chi connectivity index (χ3v) is 4.69. The summed E-state index contributed by atoms with van der Waals surface area (Å²) in [5.74, 6) is -1.15. The van der Waals surface area contributed by atoms with Crippen LogP contribution >= 0.6 is 11.6 Å². The van der Waals surface area contributed by atoms with E-state index in [-0.39, 0.29) is 16.3 Å². The lowest BCUT2D eigenvalue weighted by atomic mass is 10.2. The number of carboxylic acids is 1. The molecule has 0 aliphatic carbocycles. The van der Waals surface area contributed by atoms with Crippen LogP contribution in [0.4, 0.5) is 5.69 Å². The average molecular weight is 292 g/mol. The van der Waals surface area contributed by atoms with E-state index in [9.17, 15) is 13.2 Å². The summed E-state index contributed by atoms with van der Waals surface area (Å²) in [5.41, 5.74) is 0.0255. The monoisotopic (exact) mass is 291 g/mol. The highest BCUT2D eigenvalue weighted by molar-refractivity contribution is 7.94. The van der Waals surface area contributed by atoms with E-state index in [1.165, 1.54) is 39.0 Å². The zero-order valence-corrected chi connectivity index (χ0v) is 11.8. The summed E-state index contributed by atoms with van der Waals surface area (Å²) in [4.78, 5) is 10.8. The maximum absolute atomic E-state index is 11.9. The Morgan fingerprint density at radius 1 is 1.33 bits per heavy atom. The fourth-order valence-corrected chi connectivity index (χ4v) is 2.02. The first-order valence-corrected chi connectivity index (χ1v) is 6.96. The van der Waals surface area contributed by atoms with Crippen molar-refractivity contribution < 1.29 is 18.3 Å². The van der Waals surface area contributed by atoms with Crippen molar-refractivity contribution in [3.05, 3.63) is 28.8 Å². The molecule has 0 unspecified atom stereocenters. The molecular weight excluding hydrogens is 278 g/mol. The molecule has 0 fully saturated rings. The molecule has 1 aromatic rings. The minimum atomic E-state index is -3.64. The maximum atomic E-state index is 11.9. The second-order valence-corrected chi connectivity index (χ2v) is 7.56. The maximum Gasteiger partial charge on any atom is 0.335 e. The molecule has 1 aromatic carbocycles. The van der Waals surface area contributed by atoms with Gasteiger partial charge in [0.25, 0.3) is 0 Å². The molecule has 0 aliphatic rings. The number of nitrogens with one attached hydrogen (secondary N) is 1. The van der Waals surface area contributed by atoms with E-state index in [1.54, 1.807) is 0 Å². The highest BCUT2D eigenvalue weighted by Gasteiger charge is 2.29. The van der Waals surface area contributed by atoms with Gasteiger partial charge in [-0.25, -0.2) is 13.2 Å². The Balaban J connectivity index is 3.20. The number of rotatable bonds is 3. The standard InChI is InChI=1S/C11H14ClNO4S/c1-11(2,3)18(16,17)13-9-6-7(10(14)15)4-5-8(9)12/h4-6,13H,1-3H3,(H,14,15). The molecule has 7 heteroatoms. The van der Waals surface area contributed by atoms with E-state index in [2.05, 4.69) is 4.72 Å². The van der Waals surface area contributed by atoms with Gasteiger partial charge >= 0.3 is 5.97 Å². The molecule has 0 bridgehead atoms. The van der Waals surface area contributed by atoms with Crippen LogP contribution in [0.1, 0.15) is 31.1 Å². The van der Waals surface area contributed by atoms with E-state index in [1.807, 2.05) is 0 Å². The second-order valence-electron chi connectivity index (χ2n) is 4.72. The zero-order chi connectivity index (χ0) is 14.1. The minimum Gasteiger partial charge on any atom is -0.478 e. The second kappa shape index (κ2) is 4.78. The van der Waals surface area contributed by atoms with Crippen LogP contribution in [0.2, 0.25) is 5.02 Å². The lowest BCUT2D eigenvalue weighted by Crippen LogP contribution is -2.33. The van der Waals surface area contributed by atoms with Gasteiger partial charge in [0.1, 0.15) is 0 Å². The lowest BCUT2D eigenvalue weighted by molar-refractivity contribution is 0.0697. The van der Waals surface area contributed by atoms with Crippen molar-refractivity contribution in [2.45, 2.75) is 25.5 Å². The normalized spacial score (nSPS) is 12.2. The Bertz CT molecular complexity index is 575. The molecule has 2 N–H and O–H groups in total. The van der Waals surface area contributed by atoms with Crippen LogP contribution in [-0.2, 0) is 10.0 Å². The van der Waals surface area contributed by atoms with Crippen molar-refractivity contribution in [1.29, 1.82) is 0 Å². The van der Waals surface area contributed by atoms with Gasteiger partial charge in [-0.15, -0.1) is 0 Å². The summed E-state index contributed by atoms with van der Waals surface area (Å²) in [6, 6.07) is 3.83. The summed E-state index contributed by atoms with van der Waals surface area (Å²) in [7, 11) is -3.64. The van der Waals surface area contributed by atoms with Crippen molar-refractivity contribution in [1.82, 2.24) is 0 Å². The summed E-state index contributed by atoms with van der Waals surface area (Å²) >= 11 is 5.84. The molecule has 18 heavy (non-hydrogen) atoms. The highest BCUT2D eigenvalue weighted by Crippen LogP contribution is 2.27. The van der Waals surface area contributed by atoms with Crippen molar-refractivity contribution in [2.75, 3.05) is 4.72 Å². The molecule has 100 valence electrons. The lowest BCUT2D eigenvalue weighted by Gasteiger charge is -2.21. The van der Waals surface area contributed by atoms with Gasteiger partial charge in [0.05, 0.1) is 21.0 Å². The van der Waals surface area contributed by atoms with Crippen molar-refractivity contribution in [2.24, 2.45) is 0 Å². The summed E-state index contributed by atoms with van der Waals surface area (Å²) in [6.45, 7) is 4.60. The summed E-state index contributed by atoms with van der Waals surface area (Å²) in [5, 5.41) is 8.98. The van der Waals surface area contributed by atoms with Gasteiger partial charge in [-0.2, -0.15) is 0 Å². The number of carbonyl (C=O) groups is 1. The number of anilines is 1. The molecule has 0 saturated heterocycles. The third-order valence-electron chi connectivity index (χ3n) is 2.26. The first kappa shape index (κ1) is 14.8. The molecule has 0 aliphatic heterocycles. The van der Waals surface area contributed by atoms with Crippen LogP contribution in [0.3, 0.4) is 0 Å². The van der Waals surface area contributed by atoms with Crippen LogP contribution in [-0.4, -0.2) is 24.2 Å². The van der Waals surface area contributed by atoms with E-state index in [0.29, 0.717) is 0 Å². The third kappa shape index (κ3) is 3.14. The smallest absolute Gasteiger partial charge is 0.335 e. The van der Waals surface area contributed by atoms with Gasteiger partial charge in [-0.1, -0.05) is 11.6 Å². The molecule has 5 nitrogen and oxygen atoms in total. The van der Waals surface area contributed by atoms with Gasteiger partial charge in [0, 0.05) is 0 Å². The Labute approximate surface area is 111 Å². The number of halogens is 1. The summed E-state index contributed by atoms with van der Waals surface area (Å²) in [6.07, 6.45) is 0. The molecule has 0 atom stereocenters. The van der Waals surface area contributed by atoms with Gasteiger partial charge in [0.2, 0.25) is 10.0 Å². The Morgan fingerprint density at radius 3 is 2.33 bits per heavy atom. The zero-order valence-electron chi connectivity index (χ0n) is 10.2. The molecule has 0 radical (unpaired) electrons. The fraction of sp³-hybridized carbons (Fsp3) is 0.364. The first-order chi connectivity index (χ1) is 8.04. The summed E-state index contributed by atoms with van der Waals surface area (Å²) < 4.78 is 25.2. The SMILES string of the molecule is CC(C)(C)S(=O)(=O)Nc1cc(C(=O)O)ccc1Cl. The number of hydrogen-bond donors (Lipinski definition) is 2. The van der Waals surface area contributed by atoms with Gasteiger partial charge in [-0.3, -0.25) is 4.72 Å². The predicted molar refractivity (Wildman–Crippen MR) is 70.7 cm³/mol. The van der Waals surface area contributed by atoms with Crippen LogP contribution in [0.5, 0.6) is 0 Å². The van der Waals surface area contributed by atoms with Gasteiger partial charge in [-0.05, 0) is 39.0 Å². The number of benzene rings is 1. The fourth-order valence-electron chi connectivity index (χ4n) is 1.03. The van der Waals surface area contributed by atoms with Crippen molar-refractivity contribution in [3.8, 4) is 0 Å².